The van der Waals surface area contributed by atoms with Crippen LogP contribution in [0.3, 0.4) is 0 Å². The smallest absolute Gasteiger partial charge is 0.293 e. The van der Waals surface area contributed by atoms with Gasteiger partial charge in [0.2, 0.25) is 0 Å². The highest BCUT2D eigenvalue weighted by Crippen LogP contribution is 2.36. The topological polar surface area (TPSA) is 66.8 Å². The average Bonchev–Trinajstić information content (AvgIpc) is 2.70. The summed E-state index contributed by atoms with van der Waals surface area (Å²) in [5.74, 6) is 0.162. The number of phenolic OH excluding ortho intramolecular Hbond substituents is 1. The van der Waals surface area contributed by atoms with Gasteiger partial charge in [0.05, 0.1) is 15.1 Å². The number of benzene rings is 1. The van der Waals surface area contributed by atoms with E-state index in [0.717, 1.165) is 11.8 Å². The summed E-state index contributed by atoms with van der Waals surface area (Å²) < 4.78 is 5.98. The van der Waals surface area contributed by atoms with Crippen LogP contribution in [0.15, 0.2) is 17.0 Å². The van der Waals surface area contributed by atoms with Gasteiger partial charge < -0.3 is 9.84 Å². The number of aromatic hydroxyl groups is 1. The van der Waals surface area contributed by atoms with Gasteiger partial charge in [0.15, 0.2) is 11.5 Å². The number of carbonyl (C=O) groups is 2. The molecule has 112 valence electrons. The number of nitrogens with zero attached hydrogens (tertiary/aromatic N) is 1. The fourth-order valence-corrected chi connectivity index (χ4v) is 3.39. The summed E-state index contributed by atoms with van der Waals surface area (Å²) in [5.41, 5.74) is 0.710. The van der Waals surface area contributed by atoms with Crippen LogP contribution in [-0.4, -0.2) is 34.3 Å². The van der Waals surface area contributed by atoms with Crippen molar-refractivity contribution in [3.05, 3.63) is 26.2 Å². The molecule has 1 aromatic rings. The first-order valence-electron chi connectivity index (χ1n) is 6.38. The van der Waals surface area contributed by atoms with E-state index in [1.54, 1.807) is 25.1 Å². The first kappa shape index (κ1) is 16.2. The van der Waals surface area contributed by atoms with Crippen LogP contribution in [-0.2, 0) is 4.79 Å². The van der Waals surface area contributed by atoms with Crippen molar-refractivity contribution in [3.8, 4) is 11.5 Å². The highest BCUT2D eigenvalue weighted by Gasteiger charge is 2.33. The van der Waals surface area contributed by atoms with Gasteiger partial charge in [-0.15, -0.1) is 0 Å². The number of hydrogen-bond acceptors (Lipinski definition) is 5. The SMILES string of the molecule is CCOc1cc(/C=C2/SC(=O)N(CC)C2=O)cc(I)c1O. The van der Waals surface area contributed by atoms with Crippen molar-refractivity contribution in [3.63, 3.8) is 0 Å². The van der Waals surface area contributed by atoms with Crippen LogP contribution in [0.4, 0.5) is 4.79 Å². The predicted molar refractivity (Wildman–Crippen MR) is 90.3 cm³/mol. The van der Waals surface area contributed by atoms with E-state index in [4.69, 9.17) is 4.74 Å². The third-order valence-corrected chi connectivity index (χ3v) is 4.57. The molecule has 0 bridgehead atoms. The molecule has 0 saturated carbocycles. The molecule has 1 N–H and O–H groups in total. The van der Waals surface area contributed by atoms with Crippen LogP contribution in [0.1, 0.15) is 19.4 Å². The third kappa shape index (κ3) is 3.34. The molecule has 1 saturated heterocycles. The normalized spacial score (nSPS) is 16.9. The highest BCUT2D eigenvalue weighted by atomic mass is 127. The lowest BCUT2D eigenvalue weighted by Gasteiger charge is -2.09. The molecule has 7 heteroatoms. The summed E-state index contributed by atoms with van der Waals surface area (Å²) >= 11 is 2.92. The number of phenols is 1. The van der Waals surface area contributed by atoms with Crippen molar-refractivity contribution in [2.24, 2.45) is 0 Å². The number of ether oxygens (including phenoxy) is 1. The quantitative estimate of drug-likeness (QED) is 0.598. The van der Waals surface area contributed by atoms with Gasteiger partial charge in [-0.1, -0.05) is 0 Å². The average molecular weight is 419 g/mol. The molecule has 0 radical (unpaired) electrons. The molecule has 1 aliphatic rings. The fourth-order valence-electron chi connectivity index (χ4n) is 1.87. The number of imide groups is 1. The summed E-state index contributed by atoms with van der Waals surface area (Å²) in [7, 11) is 0. The van der Waals surface area contributed by atoms with E-state index in [2.05, 4.69) is 0 Å². The van der Waals surface area contributed by atoms with Crippen LogP contribution in [0.2, 0.25) is 0 Å². The molecule has 0 atom stereocenters. The Kier molecular flexibility index (Phi) is 5.15. The van der Waals surface area contributed by atoms with Crippen molar-refractivity contribution in [2.45, 2.75) is 13.8 Å². The molecule has 0 aliphatic carbocycles. The zero-order chi connectivity index (χ0) is 15.6. The number of likely N-dealkylation sites (N-methyl/N-ethyl adjacent to an activating group) is 1. The maximum absolute atomic E-state index is 12.0. The molecule has 2 amide bonds. The molecule has 0 unspecified atom stereocenters. The summed E-state index contributed by atoms with van der Waals surface area (Å²) in [4.78, 5) is 25.3. The standard InChI is InChI=1S/C14H14INO4S/c1-3-16-13(18)11(21-14(16)19)7-8-5-9(15)12(17)10(6-8)20-4-2/h5-7,17H,3-4H2,1-2H3/b11-7+. The Labute approximate surface area is 140 Å². The number of carbonyl (C=O) groups excluding carboxylic acids is 2. The maximum Gasteiger partial charge on any atom is 0.293 e. The second kappa shape index (κ2) is 6.69. The molecule has 0 aromatic heterocycles. The van der Waals surface area contributed by atoms with Crippen LogP contribution in [0.5, 0.6) is 11.5 Å². The number of hydrogen-bond donors (Lipinski definition) is 1. The third-order valence-electron chi connectivity index (χ3n) is 2.84. The zero-order valence-corrected chi connectivity index (χ0v) is 14.5. The Morgan fingerprint density at radius 3 is 2.67 bits per heavy atom. The molecule has 1 aliphatic heterocycles. The van der Waals surface area contributed by atoms with Gasteiger partial charge in [-0.25, -0.2) is 0 Å². The Hall–Kier alpha value is -1.22. The molecular formula is C14H14INO4S. The second-order valence-electron chi connectivity index (χ2n) is 4.21. The van der Waals surface area contributed by atoms with Crippen molar-refractivity contribution >= 4 is 51.6 Å². The van der Waals surface area contributed by atoms with Gasteiger partial charge in [-0.05, 0) is 72.0 Å². The molecule has 1 fully saturated rings. The number of amides is 2. The molecule has 0 spiro atoms. The van der Waals surface area contributed by atoms with Crippen LogP contribution < -0.4 is 4.74 Å². The van der Waals surface area contributed by atoms with Crippen LogP contribution in [0.25, 0.3) is 6.08 Å². The summed E-state index contributed by atoms with van der Waals surface area (Å²) in [5, 5.41) is 9.64. The van der Waals surface area contributed by atoms with Gasteiger partial charge >= 0.3 is 0 Å². The molecule has 21 heavy (non-hydrogen) atoms. The first-order valence-corrected chi connectivity index (χ1v) is 8.28. The minimum atomic E-state index is -0.284. The Morgan fingerprint density at radius 1 is 1.38 bits per heavy atom. The summed E-state index contributed by atoms with van der Waals surface area (Å²) in [6.07, 6.45) is 1.64. The van der Waals surface area contributed by atoms with Crippen LogP contribution in [0, 0.1) is 3.57 Å². The van der Waals surface area contributed by atoms with Gasteiger partial charge in [-0.3, -0.25) is 14.5 Å². The molecule has 1 aromatic carbocycles. The Morgan fingerprint density at radius 2 is 2.10 bits per heavy atom. The van der Waals surface area contributed by atoms with E-state index in [9.17, 15) is 14.7 Å². The molecule has 1 heterocycles. The van der Waals surface area contributed by atoms with Crippen molar-refractivity contribution < 1.29 is 19.4 Å². The minimum absolute atomic E-state index is 0.0799. The van der Waals surface area contributed by atoms with Gasteiger partial charge in [0, 0.05) is 6.54 Å². The maximum atomic E-state index is 12.0. The van der Waals surface area contributed by atoms with Gasteiger partial charge in [-0.2, -0.15) is 0 Å². The van der Waals surface area contributed by atoms with E-state index in [0.29, 0.717) is 32.9 Å². The molecule has 2 rings (SSSR count). The number of rotatable bonds is 4. The lowest BCUT2D eigenvalue weighted by molar-refractivity contribution is -0.122. The second-order valence-corrected chi connectivity index (χ2v) is 6.36. The number of halogens is 1. The van der Waals surface area contributed by atoms with Crippen molar-refractivity contribution in [1.82, 2.24) is 4.90 Å². The van der Waals surface area contributed by atoms with Crippen molar-refractivity contribution in [1.29, 1.82) is 0 Å². The van der Waals surface area contributed by atoms with E-state index in [1.165, 1.54) is 4.90 Å². The predicted octanol–water partition coefficient (Wildman–Crippen LogP) is 3.45. The Bertz CT molecular complexity index is 630. The van der Waals surface area contributed by atoms with E-state index in [1.807, 2.05) is 29.5 Å². The fraction of sp³-hybridized carbons (Fsp3) is 0.286. The first-order chi connectivity index (χ1) is 9.97. The Balaban J connectivity index is 2.37. The monoisotopic (exact) mass is 419 g/mol. The molecular weight excluding hydrogens is 405 g/mol. The van der Waals surface area contributed by atoms with Gasteiger partial charge in [0.1, 0.15) is 0 Å². The van der Waals surface area contributed by atoms with E-state index >= 15 is 0 Å². The lowest BCUT2D eigenvalue weighted by Crippen LogP contribution is -2.27. The van der Waals surface area contributed by atoms with Gasteiger partial charge in [0.25, 0.3) is 11.1 Å². The summed E-state index contributed by atoms with van der Waals surface area (Å²) in [6, 6.07) is 3.39. The largest absolute Gasteiger partial charge is 0.504 e. The zero-order valence-electron chi connectivity index (χ0n) is 11.6. The minimum Gasteiger partial charge on any atom is -0.504 e. The van der Waals surface area contributed by atoms with Crippen molar-refractivity contribution in [2.75, 3.05) is 13.2 Å². The number of thioether (sulfide) groups is 1. The highest BCUT2D eigenvalue weighted by molar-refractivity contribution is 14.1. The molecule has 5 nitrogen and oxygen atoms in total. The van der Waals surface area contributed by atoms with E-state index < -0.39 is 0 Å². The summed E-state index contributed by atoms with van der Waals surface area (Å²) in [6.45, 7) is 4.38. The van der Waals surface area contributed by atoms with Crippen LogP contribution >= 0.6 is 34.4 Å². The lowest BCUT2D eigenvalue weighted by atomic mass is 10.2. The van der Waals surface area contributed by atoms with E-state index in [-0.39, 0.29) is 16.9 Å².